The first-order chi connectivity index (χ1) is 10.8. The molecule has 0 aromatic heterocycles. The SMILES string of the molecule is NC(=O)CC[C@@H](NS(=O)(=O)c1ccc2c(c1)OCCO2)C(=O)O. The number of fused-ring (bicyclic) bond motifs is 1. The van der Waals surface area contributed by atoms with Crippen LogP contribution in [0.25, 0.3) is 0 Å². The fraction of sp³-hybridized carbons (Fsp3) is 0.385. The second kappa shape index (κ2) is 6.84. The van der Waals surface area contributed by atoms with Gasteiger partial charge in [-0.1, -0.05) is 0 Å². The highest BCUT2D eigenvalue weighted by atomic mass is 32.2. The summed E-state index contributed by atoms with van der Waals surface area (Å²) in [5.41, 5.74) is 4.95. The fourth-order valence-corrected chi connectivity index (χ4v) is 3.20. The van der Waals surface area contributed by atoms with E-state index >= 15 is 0 Å². The zero-order valence-corrected chi connectivity index (χ0v) is 12.8. The molecule has 10 heteroatoms. The number of nitrogens with two attached hydrogens (primary N) is 1. The van der Waals surface area contributed by atoms with Gasteiger partial charge < -0.3 is 20.3 Å². The number of hydrogen-bond acceptors (Lipinski definition) is 6. The average Bonchev–Trinajstić information content (AvgIpc) is 2.50. The van der Waals surface area contributed by atoms with E-state index in [0.717, 1.165) is 0 Å². The normalized spacial score (nSPS) is 15.0. The molecule has 1 aromatic rings. The molecular weight excluding hydrogens is 328 g/mol. The molecule has 1 aromatic carbocycles. The van der Waals surface area contributed by atoms with E-state index in [0.29, 0.717) is 19.0 Å². The topological polar surface area (TPSA) is 145 Å². The van der Waals surface area contributed by atoms with Crippen molar-refractivity contribution in [1.29, 1.82) is 0 Å². The molecule has 1 aliphatic rings. The number of carbonyl (C=O) groups excluding carboxylic acids is 1. The standard InChI is InChI=1S/C13H16N2O7S/c14-12(16)4-2-9(13(17)18)15-23(19,20)8-1-3-10-11(7-8)22-6-5-21-10/h1,3,7,9,15H,2,4-6H2,(H2,14,16)(H,17,18)/t9-/m1/s1. The van der Waals surface area contributed by atoms with Gasteiger partial charge in [-0.15, -0.1) is 0 Å². The second-order valence-electron chi connectivity index (χ2n) is 4.82. The van der Waals surface area contributed by atoms with Gasteiger partial charge in [0.25, 0.3) is 0 Å². The van der Waals surface area contributed by atoms with Crippen molar-refractivity contribution in [3.8, 4) is 11.5 Å². The van der Waals surface area contributed by atoms with Crippen LogP contribution < -0.4 is 19.9 Å². The van der Waals surface area contributed by atoms with E-state index in [1.54, 1.807) is 0 Å². The number of rotatable bonds is 7. The van der Waals surface area contributed by atoms with Crippen molar-refractivity contribution >= 4 is 21.9 Å². The van der Waals surface area contributed by atoms with Gasteiger partial charge in [0.1, 0.15) is 19.3 Å². The lowest BCUT2D eigenvalue weighted by Crippen LogP contribution is -2.41. The Hall–Kier alpha value is -2.33. The summed E-state index contributed by atoms with van der Waals surface area (Å²) in [7, 11) is -4.10. The van der Waals surface area contributed by atoms with Crippen LogP contribution in [0.1, 0.15) is 12.8 Å². The number of aliphatic carboxylic acids is 1. The number of carbonyl (C=O) groups is 2. The Bertz CT molecular complexity index is 717. The number of amides is 1. The van der Waals surface area contributed by atoms with E-state index in [4.69, 9.17) is 20.3 Å². The highest BCUT2D eigenvalue weighted by molar-refractivity contribution is 7.89. The molecule has 0 saturated carbocycles. The molecule has 1 amide bonds. The molecule has 23 heavy (non-hydrogen) atoms. The molecule has 1 heterocycles. The first kappa shape index (κ1) is 17.0. The predicted octanol–water partition coefficient (Wildman–Crippen LogP) is -0.545. The molecule has 126 valence electrons. The number of carboxylic acids is 1. The molecule has 4 N–H and O–H groups in total. The summed E-state index contributed by atoms with van der Waals surface area (Å²) < 4.78 is 37.2. The number of benzene rings is 1. The molecule has 0 unspecified atom stereocenters. The quantitative estimate of drug-likeness (QED) is 0.602. The monoisotopic (exact) mass is 344 g/mol. The van der Waals surface area contributed by atoms with Crippen molar-refractivity contribution in [2.45, 2.75) is 23.8 Å². The van der Waals surface area contributed by atoms with Crippen molar-refractivity contribution < 1.29 is 32.6 Å². The number of sulfonamides is 1. The summed E-state index contributed by atoms with van der Waals surface area (Å²) in [6, 6.07) is 2.51. The third kappa shape index (κ3) is 4.33. The van der Waals surface area contributed by atoms with Gasteiger partial charge in [0.05, 0.1) is 4.90 Å². The summed E-state index contributed by atoms with van der Waals surface area (Å²) in [6.07, 6.45) is -0.491. The molecule has 0 bridgehead atoms. The van der Waals surface area contributed by atoms with Crippen LogP contribution >= 0.6 is 0 Å². The molecular formula is C13H16N2O7S. The number of ether oxygens (including phenoxy) is 2. The Morgan fingerprint density at radius 2 is 1.91 bits per heavy atom. The van der Waals surface area contributed by atoms with Crippen LogP contribution in [0.4, 0.5) is 0 Å². The van der Waals surface area contributed by atoms with Crippen molar-refractivity contribution in [3.63, 3.8) is 0 Å². The third-order valence-electron chi connectivity index (χ3n) is 3.10. The number of hydrogen-bond donors (Lipinski definition) is 3. The number of carboxylic acid groups (broad SMARTS) is 1. The van der Waals surface area contributed by atoms with Gasteiger partial charge in [-0.25, -0.2) is 8.42 Å². The van der Waals surface area contributed by atoms with Crippen molar-refractivity contribution in [2.75, 3.05) is 13.2 Å². The van der Waals surface area contributed by atoms with Gasteiger partial charge >= 0.3 is 5.97 Å². The van der Waals surface area contributed by atoms with Crippen LogP contribution in [0.5, 0.6) is 11.5 Å². The number of primary amides is 1. The van der Waals surface area contributed by atoms with Gasteiger partial charge in [-0.3, -0.25) is 9.59 Å². The van der Waals surface area contributed by atoms with Gasteiger partial charge in [0.2, 0.25) is 15.9 Å². The van der Waals surface area contributed by atoms with Crippen LogP contribution in [0.2, 0.25) is 0 Å². The smallest absolute Gasteiger partial charge is 0.321 e. The first-order valence-corrected chi connectivity index (χ1v) is 8.21. The summed E-state index contributed by atoms with van der Waals surface area (Å²) in [4.78, 5) is 21.7. The first-order valence-electron chi connectivity index (χ1n) is 6.72. The van der Waals surface area contributed by atoms with Crippen LogP contribution in [0.3, 0.4) is 0 Å². The summed E-state index contributed by atoms with van der Waals surface area (Å²) >= 11 is 0. The molecule has 1 atom stereocenters. The Kier molecular flexibility index (Phi) is 5.06. The molecule has 2 rings (SSSR count). The Morgan fingerprint density at radius 1 is 1.26 bits per heavy atom. The molecule has 0 aliphatic carbocycles. The second-order valence-corrected chi connectivity index (χ2v) is 6.54. The minimum absolute atomic E-state index is 0.160. The Labute approximate surface area is 132 Å². The van der Waals surface area contributed by atoms with Crippen LogP contribution in [0.15, 0.2) is 23.1 Å². The molecule has 9 nitrogen and oxygen atoms in total. The third-order valence-corrected chi connectivity index (χ3v) is 4.57. The lowest BCUT2D eigenvalue weighted by molar-refractivity contribution is -0.139. The van der Waals surface area contributed by atoms with E-state index < -0.39 is 27.9 Å². The minimum Gasteiger partial charge on any atom is -0.486 e. The average molecular weight is 344 g/mol. The molecule has 0 fully saturated rings. The molecule has 0 spiro atoms. The summed E-state index contributed by atoms with van der Waals surface area (Å²) in [5.74, 6) is -1.43. The van der Waals surface area contributed by atoms with Gasteiger partial charge in [-0.05, 0) is 18.6 Å². The van der Waals surface area contributed by atoms with Gasteiger partial charge in [0.15, 0.2) is 11.5 Å². The maximum atomic E-state index is 12.3. The van der Waals surface area contributed by atoms with E-state index in [1.165, 1.54) is 18.2 Å². The molecule has 0 saturated heterocycles. The molecule has 0 radical (unpaired) electrons. The fourth-order valence-electron chi connectivity index (χ4n) is 1.97. The van der Waals surface area contributed by atoms with Gasteiger partial charge in [0, 0.05) is 12.5 Å². The van der Waals surface area contributed by atoms with Crippen molar-refractivity contribution in [3.05, 3.63) is 18.2 Å². The zero-order valence-electron chi connectivity index (χ0n) is 12.0. The zero-order chi connectivity index (χ0) is 17.0. The highest BCUT2D eigenvalue weighted by Gasteiger charge is 2.27. The summed E-state index contributed by atoms with van der Waals surface area (Å²) in [6.45, 7) is 0.659. The lowest BCUT2D eigenvalue weighted by atomic mass is 10.2. The van der Waals surface area contributed by atoms with E-state index in [2.05, 4.69) is 0 Å². The van der Waals surface area contributed by atoms with E-state index in [-0.39, 0.29) is 23.5 Å². The minimum atomic E-state index is -4.10. The van der Waals surface area contributed by atoms with E-state index in [1.807, 2.05) is 4.72 Å². The van der Waals surface area contributed by atoms with E-state index in [9.17, 15) is 18.0 Å². The largest absolute Gasteiger partial charge is 0.486 e. The van der Waals surface area contributed by atoms with Crippen LogP contribution in [0, 0.1) is 0 Å². The maximum Gasteiger partial charge on any atom is 0.321 e. The van der Waals surface area contributed by atoms with Crippen LogP contribution in [-0.2, 0) is 19.6 Å². The highest BCUT2D eigenvalue weighted by Crippen LogP contribution is 2.32. The maximum absolute atomic E-state index is 12.3. The lowest BCUT2D eigenvalue weighted by Gasteiger charge is -2.19. The van der Waals surface area contributed by atoms with Crippen molar-refractivity contribution in [1.82, 2.24) is 4.72 Å². The summed E-state index contributed by atoms with van der Waals surface area (Å²) in [5, 5.41) is 9.06. The Morgan fingerprint density at radius 3 is 2.52 bits per heavy atom. The number of nitrogens with one attached hydrogen (secondary N) is 1. The van der Waals surface area contributed by atoms with Crippen molar-refractivity contribution in [2.24, 2.45) is 5.73 Å². The molecule has 1 aliphatic heterocycles. The predicted molar refractivity (Wildman–Crippen MR) is 77.6 cm³/mol. The Balaban J connectivity index is 2.19. The van der Waals surface area contributed by atoms with Crippen LogP contribution in [-0.4, -0.2) is 44.7 Å². The van der Waals surface area contributed by atoms with Gasteiger partial charge in [-0.2, -0.15) is 4.72 Å².